The Hall–Kier alpha value is -1.08. The van der Waals surface area contributed by atoms with E-state index in [-0.39, 0.29) is 5.41 Å². The summed E-state index contributed by atoms with van der Waals surface area (Å²) >= 11 is 0. The van der Waals surface area contributed by atoms with E-state index in [1.54, 1.807) is 0 Å². The maximum absolute atomic E-state index is 10.1. The molecular formula is C13H16O. The van der Waals surface area contributed by atoms with Gasteiger partial charge in [0.05, 0.1) is 0 Å². The molecule has 14 heavy (non-hydrogen) atoms. The summed E-state index contributed by atoms with van der Waals surface area (Å²) in [6, 6.07) is 9.84. The largest absolute Gasteiger partial charge is 0.384 e. The predicted molar refractivity (Wildman–Crippen MR) is 57.9 cm³/mol. The standard InChI is InChI=1S/C13H16O/c1-9-11(13(9,2)3)12(14)10-7-5-4-6-8-10/h4-8,12,14H,1-3H3/t12-/m0/s1. The van der Waals surface area contributed by atoms with E-state index >= 15 is 0 Å². The van der Waals surface area contributed by atoms with Crippen LogP contribution >= 0.6 is 0 Å². The fraction of sp³-hybridized carbons (Fsp3) is 0.385. The lowest BCUT2D eigenvalue weighted by atomic mass is 9.98. The molecule has 1 heteroatoms. The zero-order chi connectivity index (χ0) is 10.3. The Morgan fingerprint density at radius 1 is 1.14 bits per heavy atom. The van der Waals surface area contributed by atoms with Crippen molar-refractivity contribution in [3.63, 3.8) is 0 Å². The Labute approximate surface area is 85.1 Å². The van der Waals surface area contributed by atoms with Gasteiger partial charge in [-0.25, -0.2) is 0 Å². The highest BCUT2D eigenvalue weighted by molar-refractivity contribution is 5.50. The molecule has 1 nitrogen and oxygen atoms in total. The second-order valence-electron chi connectivity index (χ2n) is 4.48. The molecule has 0 aliphatic heterocycles. The fourth-order valence-electron chi connectivity index (χ4n) is 2.04. The number of hydrogen-bond donors (Lipinski definition) is 1. The number of benzene rings is 1. The number of aliphatic hydroxyl groups is 1. The second kappa shape index (κ2) is 2.96. The van der Waals surface area contributed by atoms with E-state index < -0.39 is 6.10 Å². The van der Waals surface area contributed by atoms with Gasteiger partial charge >= 0.3 is 0 Å². The molecule has 1 aromatic rings. The summed E-state index contributed by atoms with van der Waals surface area (Å²) in [5.74, 6) is 0. The first-order valence-electron chi connectivity index (χ1n) is 5.00. The van der Waals surface area contributed by atoms with Crippen molar-refractivity contribution in [1.82, 2.24) is 0 Å². The molecule has 1 N–H and O–H groups in total. The first-order chi connectivity index (χ1) is 6.55. The lowest BCUT2D eigenvalue weighted by Crippen LogP contribution is -2.01. The zero-order valence-electron chi connectivity index (χ0n) is 8.91. The van der Waals surface area contributed by atoms with Crippen LogP contribution in [0.1, 0.15) is 32.4 Å². The van der Waals surface area contributed by atoms with Crippen LogP contribution in [0.2, 0.25) is 0 Å². The second-order valence-corrected chi connectivity index (χ2v) is 4.48. The molecule has 0 aromatic heterocycles. The Morgan fingerprint density at radius 2 is 1.64 bits per heavy atom. The third kappa shape index (κ3) is 1.28. The van der Waals surface area contributed by atoms with E-state index in [2.05, 4.69) is 20.8 Å². The molecule has 0 fully saturated rings. The molecule has 0 amide bonds. The maximum Gasteiger partial charge on any atom is 0.101 e. The van der Waals surface area contributed by atoms with Crippen molar-refractivity contribution in [2.45, 2.75) is 26.9 Å². The highest BCUT2D eigenvalue weighted by Crippen LogP contribution is 2.56. The van der Waals surface area contributed by atoms with Crippen LogP contribution in [0.15, 0.2) is 41.5 Å². The van der Waals surface area contributed by atoms with Gasteiger partial charge in [-0.2, -0.15) is 0 Å². The summed E-state index contributed by atoms with van der Waals surface area (Å²) in [4.78, 5) is 0. The van der Waals surface area contributed by atoms with E-state index in [9.17, 15) is 5.11 Å². The van der Waals surface area contributed by atoms with Crippen LogP contribution in [0.25, 0.3) is 0 Å². The smallest absolute Gasteiger partial charge is 0.101 e. The van der Waals surface area contributed by atoms with E-state index in [0.717, 1.165) is 5.56 Å². The number of hydrogen-bond acceptors (Lipinski definition) is 1. The van der Waals surface area contributed by atoms with Crippen molar-refractivity contribution >= 4 is 0 Å². The summed E-state index contributed by atoms with van der Waals surface area (Å²) in [5, 5.41) is 10.1. The van der Waals surface area contributed by atoms with Gasteiger partial charge in [0.15, 0.2) is 0 Å². The molecule has 1 atom stereocenters. The molecule has 0 bridgehead atoms. The van der Waals surface area contributed by atoms with Crippen molar-refractivity contribution in [2.75, 3.05) is 0 Å². The molecule has 0 radical (unpaired) electrons. The normalized spacial score (nSPS) is 20.9. The van der Waals surface area contributed by atoms with Crippen LogP contribution in [0.5, 0.6) is 0 Å². The third-order valence-corrected chi connectivity index (χ3v) is 3.34. The molecular weight excluding hydrogens is 172 g/mol. The molecule has 1 aliphatic carbocycles. The molecule has 0 saturated carbocycles. The molecule has 2 rings (SSSR count). The van der Waals surface area contributed by atoms with Crippen LogP contribution in [0.3, 0.4) is 0 Å². The van der Waals surface area contributed by atoms with Gasteiger partial charge in [-0.05, 0) is 18.1 Å². The molecule has 0 heterocycles. The van der Waals surface area contributed by atoms with Crippen LogP contribution in [-0.2, 0) is 0 Å². The van der Waals surface area contributed by atoms with Crippen LogP contribution in [-0.4, -0.2) is 5.11 Å². The molecule has 1 aromatic carbocycles. The van der Waals surface area contributed by atoms with Gasteiger partial charge in [0, 0.05) is 5.41 Å². The summed E-state index contributed by atoms with van der Waals surface area (Å²) in [6.07, 6.45) is -0.411. The van der Waals surface area contributed by atoms with Gasteiger partial charge < -0.3 is 5.11 Å². The predicted octanol–water partition coefficient (Wildman–Crippen LogP) is 3.08. The number of aliphatic hydroxyl groups excluding tert-OH is 1. The topological polar surface area (TPSA) is 20.2 Å². The Balaban J connectivity index is 2.24. The minimum absolute atomic E-state index is 0.134. The monoisotopic (exact) mass is 188 g/mol. The molecule has 0 saturated heterocycles. The first kappa shape index (κ1) is 9.47. The van der Waals surface area contributed by atoms with Crippen molar-refractivity contribution in [3.8, 4) is 0 Å². The highest BCUT2D eigenvalue weighted by atomic mass is 16.3. The summed E-state index contributed by atoms with van der Waals surface area (Å²) in [6.45, 7) is 6.41. The van der Waals surface area contributed by atoms with E-state index in [4.69, 9.17) is 0 Å². The van der Waals surface area contributed by atoms with Crippen LogP contribution < -0.4 is 0 Å². The van der Waals surface area contributed by atoms with Crippen molar-refractivity contribution in [3.05, 3.63) is 47.0 Å². The van der Waals surface area contributed by atoms with E-state index in [1.165, 1.54) is 11.1 Å². The fourth-order valence-corrected chi connectivity index (χ4v) is 2.04. The zero-order valence-corrected chi connectivity index (χ0v) is 8.91. The van der Waals surface area contributed by atoms with E-state index in [0.29, 0.717) is 0 Å². The first-order valence-corrected chi connectivity index (χ1v) is 5.00. The minimum atomic E-state index is -0.411. The Bertz CT molecular complexity index is 373. The van der Waals surface area contributed by atoms with Gasteiger partial charge in [-0.1, -0.05) is 49.8 Å². The number of rotatable bonds is 2. The lowest BCUT2D eigenvalue weighted by Gasteiger charge is -2.11. The maximum atomic E-state index is 10.1. The van der Waals surface area contributed by atoms with Crippen molar-refractivity contribution < 1.29 is 5.11 Å². The van der Waals surface area contributed by atoms with Crippen molar-refractivity contribution in [1.29, 1.82) is 0 Å². The van der Waals surface area contributed by atoms with Crippen LogP contribution in [0.4, 0.5) is 0 Å². The molecule has 1 aliphatic rings. The average Bonchev–Trinajstić information content (AvgIpc) is 2.67. The summed E-state index contributed by atoms with van der Waals surface area (Å²) in [5.41, 5.74) is 3.64. The van der Waals surface area contributed by atoms with Crippen LogP contribution in [0, 0.1) is 5.41 Å². The summed E-state index contributed by atoms with van der Waals surface area (Å²) in [7, 11) is 0. The SMILES string of the molecule is CC1=C([C@@H](O)c2ccccc2)C1(C)C. The van der Waals surface area contributed by atoms with Gasteiger partial charge in [0.1, 0.15) is 6.10 Å². The van der Waals surface area contributed by atoms with Crippen molar-refractivity contribution in [2.24, 2.45) is 5.41 Å². The minimum Gasteiger partial charge on any atom is -0.384 e. The van der Waals surface area contributed by atoms with Gasteiger partial charge in [-0.3, -0.25) is 0 Å². The van der Waals surface area contributed by atoms with Gasteiger partial charge in [0.25, 0.3) is 0 Å². The molecule has 74 valence electrons. The average molecular weight is 188 g/mol. The van der Waals surface area contributed by atoms with Gasteiger partial charge in [-0.15, -0.1) is 0 Å². The molecule has 0 unspecified atom stereocenters. The summed E-state index contributed by atoms with van der Waals surface area (Å²) < 4.78 is 0. The Kier molecular flexibility index (Phi) is 2.00. The Morgan fingerprint density at radius 3 is 2.07 bits per heavy atom. The highest BCUT2D eigenvalue weighted by Gasteiger charge is 2.45. The lowest BCUT2D eigenvalue weighted by molar-refractivity contribution is 0.211. The number of allylic oxidation sites excluding steroid dienone is 1. The van der Waals surface area contributed by atoms with E-state index in [1.807, 2.05) is 30.3 Å². The molecule has 0 spiro atoms. The third-order valence-electron chi connectivity index (χ3n) is 3.34. The quantitative estimate of drug-likeness (QED) is 0.707. The van der Waals surface area contributed by atoms with Gasteiger partial charge in [0.2, 0.25) is 0 Å².